The van der Waals surface area contributed by atoms with Crippen molar-refractivity contribution < 1.29 is 13.9 Å². The Labute approximate surface area is 143 Å². The standard InChI is InChI=1S/C17H27FN4O2/c1-23-8-7-21-11-14(12-24-2)17(13-21)3-5-22(6-4-17)16-19-9-15(18)10-20-16/h9-10,14H,3-8,11-13H2,1-2H3/t14-/m1/s1. The highest BCUT2D eigenvalue weighted by atomic mass is 19.1. The Morgan fingerprint density at radius 2 is 1.92 bits per heavy atom. The lowest BCUT2D eigenvalue weighted by atomic mass is 9.71. The molecule has 6 nitrogen and oxygen atoms in total. The minimum atomic E-state index is -0.392. The first kappa shape index (κ1) is 17.5. The summed E-state index contributed by atoms with van der Waals surface area (Å²) in [5.74, 6) is 0.788. The molecule has 0 aromatic carbocycles. The Morgan fingerprint density at radius 3 is 2.54 bits per heavy atom. The van der Waals surface area contributed by atoms with E-state index in [1.165, 1.54) is 12.4 Å². The molecule has 0 amide bonds. The van der Waals surface area contributed by atoms with Gasteiger partial charge >= 0.3 is 0 Å². The molecule has 0 saturated carbocycles. The van der Waals surface area contributed by atoms with Crippen LogP contribution in [0.4, 0.5) is 10.3 Å². The molecule has 3 rings (SSSR count). The third-order valence-electron chi connectivity index (χ3n) is 5.51. The van der Waals surface area contributed by atoms with E-state index < -0.39 is 5.82 Å². The molecule has 0 bridgehead atoms. The van der Waals surface area contributed by atoms with Crippen LogP contribution in [-0.4, -0.2) is 75.0 Å². The Bertz CT molecular complexity index is 520. The average Bonchev–Trinajstić information content (AvgIpc) is 2.92. The van der Waals surface area contributed by atoms with Crippen molar-refractivity contribution in [1.29, 1.82) is 0 Å². The van der Waals surface area contributed by atoms with E-state index >= 15 is 0 Å². The van der Waals surface area contributed by atoms with Crippen LogP contribution in [0.1, 0.15) is 12.8 Å². The number of rotatable bonds is 6. The van der Waals surface area contributed by atoms with Gasteiger partial charge in [0.05, 0.1) is 25.6 Å². The van der Waals surface area contributed by atoms with Crippen molar-refractivity contribution in [2.24, 2.45) is 11.3 Å². The topological polar surface area (TPSA) is 50.7 Å². The van der Waals surface area contributed by atoms with E-state index in [1.807, 2.05) is 0 Å². The zero-order chi connectivity index (χ0) is 17.0. The minimum absolute atomic E-state index is 0.292. The summed E-state index contributed by atoms with van der Waals surface area (Å²) in [5.41, 5.74) is 0.292. The molecule has 2 saturated heterocycles. The van der Waals surface area contributed by atoms with Gasteiger partial charge in [0.25, 0.3) is 0 Å². The second-order valence-corrected chi connectivity index (χ2v) is 6.93. The molecule has 2 aliphatic heterocycles. The molecule has 1 aromatic rings. The van der Waals surface area contributed by atoms with E-state index in [2.05, 4.69) is 19.8 Å². The third kappa shape index (κ3) is 3.68. The smallest absolute Gasteiger partial charge is 0.225 e. The normalized spacial score (nSPS) is 24.0. The summed E-state index contributed by atoms with van der Waals surface area (Å²) >= 11 is 0. The Balaban J connectivity index is 1.64. The van der Waals surface area contributed by atoms with Crippen molar-refractivity contribution in [1.82, 2.24) is 14.9 Å². The highest BCUT2D eigenvalue weighted by molar-refractivity contribution is 5.30. The van der Waals surface area contributed by atoms with Gasteiger partial charge in [-0.15, -0.1) is 0 Å². The highest BCUT2D eigenvalue weighted by Crippen LogP contribution is 2.45. The number of nitrogens with zero attached hydrogens (tertiary/aromatic N) is 4. The molecule has 1 atom stereocenters. The highest BCUT2D eigenvalue weighted by Gasteiger charge is 2.47. The number of halogens is 1. The maximum atomic E-state index is 13.0. The second-order valence-electron chi connectivity index (χ2n) is 6.93. The Hall–Kier alpha value is -1.31. The lowest BCUT2D eigenvalue weighted by molar-refractivity contribution is 0.0759. The van der Waals surface area contributed by atoms with Crippen molar-refractivity contribution in [3.8, 4) is 0 Å². The van der Waals surface area contributed by atoms with Gasteiger partial charge in [0.2, 0.25) is 5.95 Å². The molecule has 7 heteroatoms. The molecule has 3 heterocycles. The zero-order valence-corrected chi connectivity index (χ0v) is 14.6. The molecular formula is C17H27FN4O2. The first-order chi connectivity index (χ1) is 11.7. The maximum Gasteiger partial charge on any atom is 0.225 e. The summed E-state index contributed by atoms with van der Waals surface area (Å²) in [5, 5.41) is 0. The van der Waals surface area contributed by atoms with Crippen molar-refractivity contribution in [3.63, 3.8) is 0 Å². The number of hydrogen-bond acceptors (Lipinski definition) is 6. The molecule has 134 valence electrons. The molecular weight excluding hydrogens is 311 g/mol. The van der Waals surface area contributed by atoms with Gasteiger partial charge < -0.3 is 19.3 Å². The number of methoxy groups -OCH3 is 2. The van der Waals surface area contributed by atoms with E-state index in [0.717, 1.165) is 58.8 Å². The quantitative estimate of drug-likeness (QED) is 0.782. The SMILES string of the molecule is COCCN1C[C@H](COC)C2(CCN(c3ncc(F)cn3)CC2)C1. The average molecular weight is 338 g/mol. The number of anilines is 1. The number of ether oxygens (including phenoxy) is 2. The predicted molar refractivity (Wildman–Crippen MR) is 89.6 cm³/mol. The number of aromatic nitrogens is 2. The second kappa shape index (κ2) is 7.72. The summed E-state index contributed by atoms with van der Waals surface area (Å²) in [6, 6.07) is 0. The van der Waals surface area contributed by atoms with Crippen LogP contribution in [0.2, 0.25) is 0 Å². The minimum Gasteiger partial charge on any atom is -0.384 e. The van der Waals surface area contributed by atoms with Crippen LogP contribution in [0.25, 0.3) is 0 Å². The van der Waals surface area contributed by atoms with E-state index in [9.17, 15) is 4.39 Å². The van der Waals surface area contributed by atoms with E-state index in [0.29, 0.717) is 17.3 Å². The van der Waals surface area contributed by atoms with Gasteiger partial charge in [0.15, 0.2) is 5.82 Å². The van der Waals surface area contributed by atoms with Crippen LogP contribution >= 0.6 is 0 Å². The fourth-order valence-corrected chi connectivity index (χ4v) is 4.15. The van der Waals surface area contributed by atoms with Crippen LogP contribution in [-0.2, 0) is 9.47 Å². The molecule has 2 aliphatic rings. The molecule has 0 radical (unpaired) electrons. The molecule has 0 unspecified atom stereocenters. The van der Waals surface area contributed by atoms with Crippen LogP contribution in [0.3, 0.4) is 0 Å². The third-order valence-corrected chi connectivity index (χ3v) is 5.51. The van der Waals surface area contributed by atoms with Gasteiger partial charge in [0.1, 0.15) is 0 Å². The van der Waals surface area contributed by atoms with Crippen LogP contribution in [0.5, 0.6) is 0 Å². The van der Waals surface area contributed by atoms with Crippen LogP contribution in [0, 0.1) is 17.2 Å². The fraction of sp³-hybridized carbons (Fsp3) is 0.765. The van der Waals surface area contributed by atoms with Gasteiger partial charge in [-0.25, -0.2) is 14.4 Å². The fourth-order valence-electron chi connectivity index (χ4n) is 4.15. The molecule has 2 fully saturated rings. The molecule has 1 spiro atoms. The van der Waals surface area contributed by atoms with E-state index in [1.54, 1.807) is 14.2 Å². The maximum absolute atomic E-state index is 13.0. The summed E-state index contributed by atoms with van der Waals surface area (Å²) in [7, 11) is 3.53. The summed E-state index contributed by atoms with van der Waals surface area (Å²) in [6.07, 6.45) is 4.65. The summed E-state index contributed by atoms with van der Waals surface area (Å²) in [4.78, 5) is 12.9. The van der Waals surface area contributed by atoms with Gasteiger partial charge in [0, 0.05) is 52.9 Å². The van der Waals surface area contributed by atoms with Gasteiger partial charge in [-0.3, -0.25) is 0 Å². The van der Waals surface area contributed by atoms with Crippen molar-refractivity contribution >= 4 is 5.95 Å². The van der Waals surface area contributed by atoms with Gasteiger partial charge in [-0.2, -0.15) is 0 Å². The first-order valence-corrected chi connectivity index (χ1v) is 8.59. The van der Waals surface area contributed by atoms with Crippen LogP contribution < -0.4 is 4.90 Å². The predicted octanol–water partition coefficient (Wildman–Crippen LogP) is 1.43. The van der Waals surface area contributed by atoms with Crippen molar-refractivity contribution in [2.75, 3.05) is 65.1 Å². The van der Waals surface area contributed by atoms with Crippen LogP contribution in [0.15, 0.2) is 12.4 Å². The van der Waals surface area contributed by atoms with Crippen molar-refractivity contribution in [3.05, 3.63) is 18.2 Å². The van der Waals surface area contributed by atoms with Crippen molar-refractivity contribution in [2.45, 2.75) is 12.8 Å². The zero-order valence-electron chi connectivity index (χ0n) is 14.6. The van der Waals surface area contributed by atoms with Gasteiger partial charge in [-0.1, -0.05) is 0 Å². The van der Waals surface area contributed by atoms with Gasteiger partial charge in [-0.05, 0) is 18.3 Å². The Kier molecular flexibility index (Phi) is 5.63. The molecule has 1 aromatic heterocycles. The monoisotopic (exact) mass is 338 g/mol. The lowest BCUT2D eigenvalue weighted by Crippen LogP contribution is -2.45. The first-order valence-electron chi connectivity index (χ1n) is 8.59. The van der Waals surface area contributed by atoms with E-state index in [-0.39, 0.29) is 0 Å². The number of piperidine rings is 1. The largest absolute Gasteiger partial charge is 0.384 e. The molecule has 0 aliphatic carbocycles. The number of hydrogen-bond donors (Lipinski definition) is 0. The molecule has 24 heavy (non-hydrogen) atoms. The number of likely N-dealkylation sites (tertiary alicyclic amines) is 1. The summed E-state index contributed by atoms with van der Waals surface area (Å²) < 4.78 is 23.7. The summed E-state index contributed by atoms with van der Waals surface area (Å²) in [6.45, 7) is 6.53. The lowest BCUT2D eigenvalue weighted by Gasteiger charge is -2.42. The van der Waals surface area contributed by atoms with E-state index in [4.69, 9.17) is 9.47 Å². The molecule has 0 N–H and O–H groups in total. The Morgan fingerprint density at radius 1 is 1.21 bits per heavy atom.